The van der Waals surface area contributed by atoms with Crippen molar-refractivity contribution < 1.29 is 24.1 Å². The van der Waals surface area contributed by atoms with Crippen LogP contribution in [0.3, 0.4) is 0 Å². The van der Waals surface area contributed by atoms with Gasteiger partial charge in [0.2, 0.25) is 5.90 Å². The quantitative estimate of drug-likeness (QED) is 0.0537. The number of carbonyl (C=O) groups excluding carboxylic acids is 1. The number of carbonyl (C=O) groups is 1. The number of hydrogen-bond donors (Lipinski definition) is 2. The Balaban J connectivity index is 1.43. The number of amides is 1. The molecule has 0 radical (unpaired) electrons. The lowest BCUT2D eigenvalue weighted by Gasteiger charge is -2.31. The average molecular weight is 668 g/mol. The van der Waals surface area contributed by atoms with E-state index in [9.17, 15) is 10.3 Å². The van der Waals surface area contributed by atoms with Gasteiger partial charge in [-0.15, -0.1) is 0 Å². The first-order valence-electron chi connectivity index (χ1n) is 16.3. The Morgan fingerprint density at radius 1 is 0.880 bits per heavy atom. The van der Waals surface area contributed by atoms with Crippen molar-refractivity contribution in [3.05, 3.63) is 160 Å². The zero-order valence-electron chi connectivity index (χ0n) is 27.6. The number of aliphatic hydroxyl groups excluding tert-OH is 1. The van der Waals surface area contributed by atoms with Crippen LogP contribution in [0.15, 0.2) is 138 Å². The highest BCUT2D eigenvalue weighted by molar-refractivity contribution is 6.01. The molecule has 1 aliphatic rings. The van der Waals surface area contributed by atoms with E-state index >= 15 is 0 Å². The van der Waals surface area contributed by atoms with Crippen LogP contribution < -0.4 is 14.8 Å². The summed E-state index contributed by atoms with van der Waals surface area (Å²) in [6.07, 6.45) is -0.223. The van der Waals surface area contributed by atoms with E-state index in [-0.39, 0.29) is 25.5 Å². The molecule has 1 amide bonds. The van der Waals surface area contributed by atoms with E-state index in [1.807, 2.05) is 115 Å². The second-order valence-electron chi connectivity index (χ2n) is 11.8. The number of aliphatic imine (C=N–C) groups is 1. The van der Waals surface area contributed by atoms with Gasteiger partial charge in [0.1, 0.15) is 11.5 Å². The fourth-order valence-corrected chi connectivity index (χ4v) is 5.94. The summed E-state index contributed by atoms with van der Waals surface area (Å²) in [5.41, 5.74) is 13.3. The minimum absolute atomic E-state index is 0.0435. The Morgan fingerprint density at radius 2 is 1.54 bits per heavy atom. The van der Waals surface area contributed by atoms with Crippen LogP contribution in [-0.2, 0) is 22.5 Å². The maximum absolute atomic E-state index is 14.7. The molecule has 0 fully saturated rings. The number of methoxy groups -OCH3 is 1. The van der Waals surface area contributed by atoms with Crippen molar-refractivity contribution in [2.75, 3.05) is 20.3 Å². The maximum atomic E-state index is 14.7. The van der Waals surface area contributed by atoms with Gasteiger partial charge in [0.15, 0.2) is 11.6 Å². The number of nitrogens with one attached hydrogen (secondary N) is 1. The molecule has 0 aliphatic carbocycles. The van der Waals surface area contributed by atoms with Crippen LogP contribution in [0, 0.1) is 0 Å². The van der Waals surface area contributed by atoms with E-state index in [1.165, 1.54) is 0 Å². The predicted molar refractivity (Wildman–Crippen MR) is 192 cm³/mol. The summed E-state index contributed by atoms with van der Waals surface area (Å²) in [6, 6.07) is 40.0. The summed E-state index contributed by atoms with van der Waals surface area (Å²) in [4.78, 5) is 22.9. The highest BCUT2D eigenvalue weighted by Gasteiger charge is 2.53. The molecule has 0 saturated carbocycles. The third-order valence-corrected chi connectivity index (χ3v) is 8.57. The number of rotatable bonds is 14. The van der Waals surface area contributed by atoms with Crippen LogP contribution in [0.2, 0.25) is 0 Å². The zero-order chi connectivity index (χ0) is 34.8. The first-order chi connectivity index (χ1) is 24.5. The van der Waals surface area contributed by atoms with Crippen molar-refractivity contribution >= 4 is 17.5 Å². The van der Waals surface area contributed by atoms with Gasteiger partial charge in [0, 0.05) is 42.2 Å². The van der Waals surface area contributed by atoms with Crippen LogP contribution in [0.1, 0.15) is 34.8 Å². The number of hydrogen-bond acceptors (Lipinski definition) is 7. The molecular formula is C40H37N5O5. The van der Waals surface area contributed by atoms with E-state index in [1.54, 1.807) is 19.2 Å². The van der Waals surface area contributed by atoms with Gasteiger partial charge >= 0.3 is 0 Å². The molecule has 0 spiro atoms. The number of aliphatic hydroxyl groups is 1. The Morgan fingerprint density at radius 3 is 2.24 bits per heavy atom. The summed E-state index contributed by atoms with van der Waals surface area (Å²) in [5.74, 6) is 1.30. The third-order valence-electron chi connectivity index (χ3n) is 8.57. The Bertz CT molecular complexity index is 1980. The van der Waals surface area contributed by atoms with Gasteiger partial charge < -0.3 is 24.6 Å². The van der Waals surface area contributed by atoms with Gasteiger partial charge in [0.05, 0.1) is 13.7 Å². The lowest BCUT2D eigenvalue weighted by molar-refractivity contribution is -0.129. The number of azide groups is 1. The van der Waals surface area contributed by atoms with Crippen LogP contribution in [0.25, 0.3) is 21.6 Å². The molecule has 1 aliphatic heterocycles. The molecule has 0 unspecified atom stereocenters. The van der Waals surface area contributed by atoms with Crippen molar-refractivity contribution in [1.29, 1.82) is 0 Å². The smallest absolute Gasteiger partial charge is 0.252 e. The molecule has 10 nitrogen and oxygen atoms in total. The molecule has 0 bridgehead atoms. The van der Waals surface area contributed by atoms with Gasteiger partial charge in [-0.1, -0.05) is 96.1 Å². The molecule has 5 aromatic carbocycles. The SMILES string of the molecule is COc1ccc(CNC(=O)[C@]2(Cc3ccccc3N=[N+]=[N-])N=C(c3ccc(OCCCO)cc3)O[C@@H]2c2ccc(-c3ccccc3)cc2)cc1. The van der Waals surface area contributed by atoms with Gasteiger partial charge in [-0.2, -0.15) is 0 Å². The molecule has 1 heterocycles. The first-order valence-corrected chi connectivity index (χ1v) is 16.3. The normalized spacial score (nSPS) is 16.4. The zero-order valence-corrected chi connectivity index (χ0v) is 27.6. The second kappa shape index (κ2) is 15.9. The van der Waals surface area contributed by atoms with E-state index in [0.717, 1.165) is 22.3 Å². The molecule has 2 atom stereocenters. The predicted octanol–water partition coefficient (Wildman–Crippen LogP) is 7.88. The fraction of sp³-hybridized carbons (Fsp3) is 0.200. The van der Waals surface area contributed by atoms with E-state index in [2.05, 4.69) is 15.3 Å². The highest BCUT2D eigenvalue weighted by Crippen LogP contribution is 2.44. The third kappa shape index (κ3) is 7.63. The summed E-state index contributed by atoms with van der Waals surface area (Å²) in [5, 5.41) is 16.2. The van der Waals surface area contributed by atoms with Crippen molar-refractivity contribution in [1.82, 2.24) is 5.32 Å². The Labute approximate surface area is 290 Å². The summed E-state index contributed by atoms with van der Waals surface area (Å²) in [6.45, 7) is 0.672. The first kappa shape index (κ1) is 33.8. The van der Waals surface area contributed by atoms with Crippen LogP contribution >= 0.6 is 0 Å². The lowest BCUT2D eigenvalue weighted by atomic mass is 9.81. The van der Waals surface area contributed by atoms with Gasteiger partial charge in [-0.05, 0) is 69.7 Å². The summed E-state index contributed by atoms with van der Waals surface area (Å²) in [7, 11) is 1.61. The number of ether oxygens (including phenoxy) is 3. The molecule has 50 heavy (non-hydrogen) atoms. The maximum Gasteiger partial charge on any atom is 0.252 e. The molecule has 252 valence electrons. The second-order valence-corrected chi connectivity index (χ2v) is 11.8. The van der Waals surface area contributed by atoms with Crippen LogP contribution in [-0.4, -0.2) is 42.8 Å². The van der Waals surface area contributed by atoms with E-state index in [0.29, 0.717) is 47.2 Å². The van der Waals surface area contributed by atoms with Crippen molar-refractivity contribution in [3.63, 3.8) is 0 Å². The largest absolute Gasteiger partial charge is 0.497 e. The monoisotopic (exact) mass is 667 g/mol. The number of benzene rings is 5. The van der Waals surface area contributed by atoms with Gasteiger partial charge in [-0.3, -0.25) is 4.79 Å². The molecular weight excluding hydrogens is 630 g/mol. The Hall–Kier alpha value is -6.09. The van der Waals surface area contributed by atoms with Crippen molar-refractivity contribution in [2.24, 2.45) is 10.1 Å². The average Bonchev–Trinajstić information content (AvgIpc) is 3.56. The summed E-state index contributed by atoms with van der Waals surface area (Å²) < 4.78 is 17.7. The minimum Gasteiger partial charge on any atom is -0.497 e. The lowest BCUT2D eigenvalue weighted by Crippen LogP contribution is -2.49. The van der Waals surface area contributed by atoms with Gasteiger partial charge in [-0.25, -0.2) is 4.99 Å². The molecule has 0 saturated heterocycles. The molecule has 5 aromatic rings. The van der Waals surface area contributed by atoms with Crippen molar-refractivity contribution in [2.45, 2.75) is 31.0 Å². The highest BCUT2D eigenvalue weighted by atomic mass is 16.5. The van der Waals surface area contributed by atoms with Crippen molar-refractivity contribution in [3.8, 4) is 22.6 Å². The van der Waals surface area contributed by atoms with Crippen LogP contribution in [0.4, 0.5) is 5.69 Å². The standard InChI is InChI=1S/C40H37N5O5/c1-48-34-20-12-28(13-21-34)27-42-39(47)40(26-33-10-5-6-11-36(33)44-45-41)37(31-16-14-30(15-17-31)29-8-3-2-4-9-29)50-38(43-40)32-18-22-35(23-19-32)49-25-7-24-46/h2-6,8-23,37,46H,7,24-27H2,1H3,(H,42,47)/t37-,40-/m1/s1. The molecule has 2 N–H and O–H groups in total. The molecule has 10 heteroatoms. The van der Waals surface area contributed by atoms with E-state index in [4.69, 9.17) is 24.3 Å². The number of nitrogens with zero attached hydrogens (tertiary/aromatic N) is 4. The van der Waals surface area contributed by atoms with Gasteiger partial charge in [0.25, 0.3) is 5.91 Å². The molecule has 6 rings (SSSR count). The van der Waals surface area contributed by atoms with Crippen LogP contribution in [0.5, 0.6) is 11.5 Å². The fourth-order valence-electron chi connectivity index (χ4n) is 5.94. The van der Waals surface area contributed by atoms with E-state index < -0.39 is 11.6 Å². The minimum atomic E-state index is -1.49. The topological polar surface area (TPSA) is 138 Å². The molecule has 0 aromatic heterocycles. The summed E-state index contributed by atoms with van der Waals surface area (Å²) >= 11 is 0. The Kier molecular flexibility index (Phi) is 10.7.